The highest BCUT2D eigenvalue weighted by Crippen LogP contribution is 2.25. The third-order valence-electron chi connectivity index (χ3n) is 6.69. The lowest BCUT2D eigenvalue weighted by Gasteiger charge is -2.32. The van der Waals surface area contributed by atoms with Crippen LogP contribution >= 0.6 is 12.4 Å². The van der Waals surface area contributed by atoms with Crippen LogP contribution in [0, 0.1) is 6.92 Å². The van der Waals surface area contributed by atoms with E-state index < -0.39 is 0 Å². The molecule has 0 unspecified atom stereocenters. The second-order valence-corrected chi connectivity index (χ2v) is 9.46. The second-order valence-electron chi connectivity index (χ2n) is 9.46. The van der Waals surface area contributed by atoms with Gasteiger partial charge in [-0.05, 0) is 43.5 Å². The standard InChI is InChI=1S/C31H32N4O.ClH/c1-24-12-14-26(15-13-24)31-27(23-35(33-31)29-10-6-3-7-11-29)16-17-30(36)32-28-18-20-34(21-19-28)22-25-8-4-2-5-9-25;/h2-17,23,28H,18-22H2,1H3,(H,32,36);1H. The number of carbonyl (C=O) groups excluding carboxylic acids is 1. The molecule has 0 spiro atoms. The zero-order chi connectivity index (χ0) is 24.7. The van der Waals surface area contributed by atoms with Crippen molar-refractivity contribution in [3.63, 3.8) is 0 Å². The van der Waals surface area contributed by atoms with Gasteiger partial charge in [-0.15, -0.1) is 12.4 Å². The molecule has 5 nitrogen and oxygen atoms in total. The molecular formula is C31H33ClN4O. The largest absolute Gasteiger partial charge is 0.350 e. The first-order valence-electron chi connectivity index (χ1n) is 12.6. The number of carbonyl (C=O) groups is 1. The number of nitrogens with zero attached hydrogens (tertiary/aromatic N) is 3. The molecule has 1 aromatic heterocycles. The third kappa shape index (κ3) is 6.97. The molecule has 1 aliphatic rings. The summed E-state index contributed by atoms with van der Waals surface area (Å²) in [6.07, 6.45) is 7.43. The van der Waals surface area contributed by atoms with Gasteiger partial charge in [0.25, 0.3) is 0 Å². The first kappa shape index (κ1) is 26.4. The molecule has 0 radical (unpaired) electrons. The van der Waals surface area contributed by atoms with Crippen LogP contribution in [0.15, 0.2) is 97.2 Å². The molecule has 1 N–H and O–H groups in total. The lowest BCUT2D eigenvalue weighted by molar-refractivity contribution is -0.117. The van der Waals surface area contributed by atoms with Gasteiger partial charge in [0.15, 0.2) is 0 Å². The minimum absolute atomic E-state index is 0. The summed E-state index contributed by atoms with van der Waals surface area (Å²) < 4.78 is 1.87. The summed E-state index contributed by atoms with van der Waals surface area (Å²) in [5.74, 6) is -0.0566. The number of amides is 1. The fourth-order valence-electron chi connectivity index (χ4n) is 4.65. The Morgan fingerprint density at radius 2 is 1.59 bits per heavy atom. The summed E-state index contributed by atoms with van der Waals surface area (Å²) in [7, 11) is 0. The Morgan fingerprint density at radius 1 is 0.946 bits per heavy atom. The van der Waals surface area contributed by atoms with Gasteiger partial charge in [0.05, 0.1) is 11.4 Å². The van der Waals surface area contributed by atoms with Crippen LogP contribution in [-0.2, 0) is 11.3 Å². The quantitative estimate of drug-likeness (QED) is 0.306. The van der Waals surface area contributed by atoms with Gasteiger partial charge < -0.3 is 5.32 Å². The van der Waals surface area contributed by atoms with Crippen molar-refractivity contribution in [2.45, 2.75) is 32.4 Å². The van der Waals surface area contributed by atoms with Gasteiger partial charge in [0.2, 0.25) is 5.91 Å². The zero-order valence-corrected chi connectivity index (χ0v) is 21.9. The summed E-state index contributed by atoms with van der Waals surface area (Å²) >= 11 is 0. The van der Waals surface area contributed by atoms with E-state index in [0.717, 1.165) is 55.0 Å². The maximum Gasteiger partial charge on any atom is 0.244 e. The van der Waals surface area contributed by atoms with Crippen LogP contribution in [0.4, 0.5) is 0 Å². The predicted octanol–water partition coefficient (Wildman–Crippen LogP) is 6.06. The van der Waals surface area contributed by atoms with Crippen LogP contribution in [-0.4, -0.2) is 39.7 Å². The van der Waals surface area contributed by atoms with Gasteiger partial charge in [0.1, 0.15) is 0 Å². The molecule has 1 aliphatic heterocycles. The lowest BCUT2D eigenvalue weighted by Crippen LogP contribution is -2.43. The van der Waals surface area contributed by atoms with E-state index in [2.05, 4.69) is 71.7 Å². The van der Waals surface area contributed by atoms with Crippen LogP contribution < -0.4 is 5.32 Å². The van der Waals surface area contributed by atoms with E-state index in [4.69, 9.17) is 5.10 Å². The van der Waals surface area contributed by atoms with Crippen molar-refractivity contribution in [2.75, 3.05) is 13.1 Å². The Labute approximate surface area is 225 Å². The van der Waals surface area contributed by atoms with Gasteiger partial charge >= 0.3 is 0 Å². The molecule has 6 heteroatoms. The number of benzene rings is 3. The molecule has 190 valence electrons. The van der Waals surface area contributed by atoms with Gasteiger partial charge in [0, 0.05) is 49.1 Å². The minimum atomic E-state index is -0.0566. The predicted molar refractivity (Wildman–Crippen MR) is 153 cm³/mol. The van der Waals surface area contributed by atoms with E-state index in [1.165, 1.54) is 11.1 Å². The number of nitrogens with one attached hydrogen (secondary N) is 1. The molecule has 0 aliphatic carbocycles. The molecule has 1 fully saturated rings. The van der Waals surface area contributed by atoms with Crippen LogP contribution in [0.5, 0.6) is 0 Å². The van der Waals surface area contributed by atoms with Crippen molar-refractivity contribution in [1.29, 1.82) is 0 Å². The summed E-state index contributed by atoms with van der Waals surface area (Å²) in [6.45, 7) is 5.02. The summed E-state index contributed by atoms with van der Waals surface area (Å²) in [5, 5.41) is 8.04. The molecule has 0 bridgehead atoms. The van der Waals surface area contributed by atoms with E-state index in [1.807, 2.05) is 47.3 Å². The first-order valence-corrected chi connectivity index (χ1v) is 12.6. The Bertz CT molecular complexity index is 1310. The summed E-state index contributed by atoms with van der Waals surface area (Å²) in [5.41, 5.74) is 6.32. The molecule has 2 heterocycles. The molecule has 4 aromatic rings. The maximum absolute atomic E-state index is 12.8. The number of halogens is 1. The zero-order valence-electron chi connectivity index (χ0n) is 21.1. The fourth-order valence-corrected chi connectivity index (χ4v) is 4.65. The molecule has 1 saturated heterocycles. The highest BCUT2D eigenvalue weighted by atomic mass is 35.5. The van der Waals surface area contributed by atoms with Crippen molar-refractivity contribution in [3.8, 4) is 16.9 Å². The molecular weight excluding hydrogens is 480 g/mol. The average molecular weight is 513 g/mol. The Balaban J connectivity index is 0.00000320. The van der Waals surface area contributed by atoms with E-state index in [-0.39, 0.29) is 24.4 Å². The minimum Gasteiger partial charge on any atom is -0.350 e. The third-order valence-corrected chi connectivity index (χ3v) is 6.69. The fraction of sp³-hybridized carbons (Fsp3) is 0.226. The molecule has 3 aromatic carbocycles. The lowest BCUT2D eigenvalue weighted by atomic mass is 10.0. The number of aryl methyl sites for hydroxylation is 1. The molecule has 0 saturated carbocycles. The summed E-state index contributed by atoms with van der Waals surface area (Å²) in [6, 6.07) is 29.1. The maximum atomic E-state index is 12.8. The number of aromatic nitrogens is 2. The van der Waals surface area contributed by atoms with Crippen molar-refractivity contribution in [3.05, 3.63) is 114 Å². The number of piperidine rings is 1. The van der Waals surface area contributed by atoms with E-state index in [9.17, 15) is 4.79 Å². The number of para-hydroxylation sites is 1. The molecule has 37 heavy (non-hydrogen) atoms. The molecule has 0 atom stereocenters. The highest BCUT2D eigenvalue weighted by molar-refractivity contribution is 5.93. The molecule has 1 amide bonds. The van der Waals surface area contributed by atoms with Crippen molar-refractivity contribution in [1.82, 2.24) is 20.0 Å². The van der Waals surface area contributed by atoms with E-state index in [1.54, 1.807) is 6.08 Å². The van der Waals surface area contributed by atoms with Crippen LogP contribution in [0.2, 0.25) is 0 Å². The van der Waals surface area contributed by atoms with Gasteiger partial charge in [-0.25, -0.2) is 4.68 Å². The van der Waals surface area contributed by atoms with Gasteiger partial charge in [-0.3, -0.25) is 9.69 Å². The van der Waals surface area contributed by atoms with Crippen molar-refractivity contribution < 1.29 is 4.79 Å². The number of hydrogen-bond acceptors (Lipinski definition) is 3. The Kier molecular flexibility index (Phi) is 8.94. The van der Waals surface area contributed by atoms with Crippen LogP contribution in [0.3, 0.4) is 0 Å². The smallest absolute Gasteiger partial charge is 0.244 e. The first-order chi connectivity index (χ1) is 17.6. The van der Waals surface area contributed by atoms with Crippen LogP contribution in [0.25, 0.3) is 23.0 Å². The number of rotatable bonds is 7. The molecule has 5 rings (SSSR count). The average Bonchev–Trinajstić information content (AvgIpc) is 3.34. The topological polar surface area (TPSA) is 50.2 Å². The SMILES string of the molecule is Cc1ccc(-c2nn(-c3ccccc3)cc2C=CC(=O)NC2CCN(Cc3ccccc3)CC2)cc1.Cl. The summed E-state index contributed by atoms with van der Waals surface area (Å²) in [4.78, 5) is 15.2. The highest BCUT2D eigenvalue weighted by Gasteiger charge is 2.20. The normalized spacial score (nSPS) is 14.4. The Morgan fingerprint density at radius 3 is 2.27 bits per heavy atom. The van der Waals surface area contributed by atoms with Crippen molar-refractivity contribution >= 4 is 24.4 Å². The van der Waals surface area contributed by atoms with Gasteiger partial charge in [-0.2, -0.15) is 5.10 Å². The van der Waals surface area contributed by atoms with E-state index >= 15 is 0 Å². The van der Waals surface area contributed by atoms with Crippen molar-refractivity contribution in [2.24, 2.45) is 0 Å². The Hall–Kier alpha value is -3.67. The number of likely N-dealkylation sites (tertiary alicyclic amines) is 1. The van der Waals surface area contributed by atoms with Crippen LogP contribution in [0.1, 0.15) is 29.5 Å². The number of hydrogen-bond donors (Lipinski definition) is 1. The van der Waals surface area contributed by atoms with Gasteiger partial charge in [-0.1, -0.05) is 78.4 Å². The monoisotopic (exact) mass is 512 g/mol. The van der Waals surface area contributed by atoms with E-state index in [0.29, 0.717) is 0 Å². The second kappa shape index (κ2) is 12.5.